The molecule has 0 saturated heterocycles. The van der Waals surface area contributed by atoms with E-state index >= 15 is 0 Å². The third-order valence-electron chi connectivity index (χ3n) is 7.60. The summed E-state index contributed by atoms with van der Waals surface area (Å²) in [6.07, 6.45) is 1.54. The highest BCUT2D eigenvalue weighted by Crippen LogP contribution is 2.54. The molecule has 0 N–H and O–H groups in total. The highest BCUT2D eigenvalue weighted by molar-refractivity contribution is 7.15. The van der Waals surface area contributed by atoms with E-state index in [9.17, 15) is 14.4 Å². The number of carbonyl (C=O) groups excluding carboxylic acids is 2. The zero-order valence-corrected chi connectivity index (χ0v) is 22.7. The van der Waals surface area contributed by atoms with Crippen molar-refractivity contribution in [3.8, 4) is 0 Å². The SMILES string of the molecule is CCCc1nnc(N2C(=O)c3oc4ccccc4c(=O)c3C23C(=O)N(Cc2ccc(C)cc2)c2ccccc23)s1. The smallest absolute Gasteiger partial charge is 0.297 e. The predicted molar refractivity (Wildman–Crippen MR) is 153 cm³/mol. The normalized spacial score (nSPS) is 17.8. The largest absolute Gasteiger partial charge is 0.450 e. The number of hydrogen-bond donors (Lipinski definition) is 0. The minimum Gasteiger partial charge on any atom is -0.450 e. The molecule has 9 heteroatoms. The minimum atomic E-state index is -1.78. The zero-order chi connectivity index (χ0) is 27.6. The molecule has 40 heavy (non-hydrogen) atoms. The molecule has 7 rings (SSSR count). The molecule has 2 aliphatic rings. The van der Waals surface area contributed by atoms with Crippen molar-refractivity contribution in [1.82, 2.24) is 10.2 Å². The van der Waals surface area contributed by atoms with Gasteiger partial charge in [-0.2, -0.15) is 0 Å². The van der Waals surface area contributed by atoms with Gasteiger partial charge < -0.3 is 9.32 Å². The van der Waals surface area contributed by atoms with Crippen LogP contribution in [0.15, 0.2) is 82.0 Å². The summed E-state index contributed by atoms with van der Waals surface area (Å²) in [5.41, 5.74) is 1.32. The maximum Gasteiger partial charge on any atom is 0.297 e. The molecule has 1 atom stereocenters. The lowest BCUT2D eigenvalue weighted by molar-refractivity contribution is -0.121. The van der Waals surface area contributed by atoms with Gasteiger partial charge in [0.25, 0.3) is 11.8 Å². The van der Waals surface area contributed by atoms with Crippen LogP contribution in [-0.2, 0) is 23.3 Å². The molecule has 1 spiro atoms. The lowest BCUT2D eigenvalue weighted by Gasteiger charge is -2.32. The Hall–Kier alpha value is -4.63. The Labute approximate surface area is 233 Å². The maximum atomic E-state index is 14.9. The first-order chi connectivity index (χ1) is 19.4. The molecule has 2 aromatic heterocycles. The van der Waals surface area contributed by atoms with Crippen molar-refractivity contribution >= 4 is 44.9 Å². The zero-order valence-electron chi connectivity index (χ0n) is 21.9. The Balaban J connectivity index is 1.53. The van der Waals surface area contributed by atoms with Gasteiger partial charge in [0.1, 0.15) is 10.6 Å². The van der Waals surface area contributed by atoms with Crippen molar-refractivity contribution in [2.45, 2.75) is 38.8 Å². The highest BCUT2D eigenvalue weighted by Gasteiger charge is 2.66. The fraction of sp³-hybridized carbons (Fsp3) is 0.194. The van der Waals surface area contributed by atoms with E-state index in [1.807, 2.05) is 56.3 Å². The number of para-hydroxylation sites is 2. The molecule has 2 amide bonds. The number of amides is 2. The Morgan fingerprint density at radius 2 is 1.68 bits per heavy atom. The summed E-state index contributed by atoms with van der Waals surface area (Å²) in [5, 5.41) is 9.96. The highest BCUT2D eigenvalue weighted by atomic mass is 32.1. The second-order valence-corrected chi connectivity index (χ2v) is 11.1. The molecule has 0 fully saturated rings. The van der Waals surface area contributed by atoms with E-state index in [2.05, 4.69) is 10.2 Å². The predicted octanol–water partition coefficient (Wildman–Crippen LogP) is 5.36. The number of aryl methyl sites for hydroxylation is 2. The second kappa shape index (κ2) is 8.96. The van der Waals surface area contributed by atoms with Crippen LogP contribution in [0.3, 0.4) is 0 Å². The number of rotatable bonds is 5. The van der Waals surface area contributed by atoms with Gasteiger partial charge in [-0.1, -0.05) is 78.4 Å². The number of aromatic nitrogens is 2. The van der Waals surface area contributed by atoms with E-state index in [0.717, 1.165) is 22.6 Å². The minimum absolute atomic E-state index is 0.0206. The van der Waals surface area contributed by atoms with Crippen molar-refractivity contribution in [2.24, 2.45) is 0 Å². The van der Waals surface area contributed by atoms with Gasteiger partial charge in [0.2, 0.25) is 10.9 Å². The van der Waals surface area contributed by atoms with Crippen LogP contribution in [0.1, 0.15) is 51.2 Å². The first-order valence-electron chi connectivity index (χ1n) is 13.2. The molecule has 198 valence electrons. The van der Waals surface area contributed by atoms with E-state index in [4.69, 9.17) is 4.42 Å². The van der Waals surface area contributed by atoms with Gasteiger partial charge >= 0.3 is 0 Å². The summed E-state index contributed by atoms with van der Waals surface area (Å²) in [5.74, 6) is -1.13. The van der Waals surface area contributed by atoms with E-state index in [1.54, 1.807) is 35.2 Å². The van der Waals surface area contributed by atoms with Gasteiger partial charge in [-0.05, 0) is 37.1 Å². The summed E-state index contributed by atoms with van der Waals surface area (Å²) < 4.78 is 6.11. The first-order valence-corrected chi connectivity index (χ1v) is 14.0. The lowest BCUT2D eigenvalue weighted by Crippen LogP contribution is -2.53. The first kappa shape index (κ1) is 24.4. The van der Waals surface area contributed by atoms with E-state index < -0.39 is 22.8 Å². The van der Waals surface area contributed by atoms with Gasteiger partial charge in [-0.15, -0.1) is 10.2 Å². The maximum absolute atomic E-state index is 14.9. The van der Waals surface area contributed by atoms with Crippen LogP contribution in [0.5, 0.6) is 0 Å². The summed E-state index contributed by atoms with van der Waals surface area (Å²) in [6, 6.07) is 22.1. The number of anilines is 2. The van der Waals surface area contributed by atoms with Crippen LogP contribution in [0.2, 0.25) is 0 Å². The molecular formula is C31H24N4O4S. The quantitative estimate of drug-likeness (QED) is 0.294. The number of benzene rings is 3. The van der Waals surface area contributed by atoms with Crippen LogP contribution in [0.4, 0.5) is 10.8 Å². The summed E-state index contributed by atoms with van der Waals surface area (Å²) in [7, 11) is 0. The molecular weight excluding hydrogens is 524 g/mol. The lowest BCUT2D eigenvalue weighted by atomic mass is 9.84. The van der Waals surface area contributed by atoms with Crippen LogP contribution in [-0.4, -0.2) is 22.0 Å². The molecule has 0 radical (unpaired) electrons. The van der Waals surface area contributed by atoms with Crippen LogP contribution < -0.4 is 15.2 Å². The Kier molecular flexibility index (Phi) is 5.47. The Morgan fingerprint density at radius 1 is 0.925 bits per heavy atom. The average Bonchev–Trinajstić information content (AvgIpc) is 3.60. The topological polar surface area (TPSA) is 96.6 Å². The van der Waals surface area contributed by atoms with Crippen molar-refractivity contribution in [3.63, 3.8) is 0 Å². The van der Waals surface area contributed by atoms with Gasteiger partial charge in [0.05, 0.1) is 23.2 Å². The van der Waals surface area contributed by atoms with Crippen molar-refractivity contribution in [1.29, 1.82) is 0 Å². The molecule has 0 bridgehead atoms. The molecule has 2 aliphatic heterocycles. The fourth-order valence-electron chi connectivity index (χ4n) is 5.79. The average molecular weight is 549 g/mol. The number of nitrogens with zero attached hydrogens (tertiary/aromatic N) is 4. The third kappa shape index (κ3) is 3.27. The van der Waals surface area contributed by atoms with Crippen molar-refractivity contribution < 1.29 is 14.0 Å². The van der Waals surface area contributed by atoms with Crippen molar-refractivity contribution in [2.75, 3.05) is 9.80 Å². The number of hydrogen-bond acceptors (Lipinski definition) is 7. The Morgan fingerprint density at radius 3 is 2.48 bits per heavy atom. The second-order valence-electron chi connectivity index (χ2n) is 10.1. The fourth-order valence-corrected chi connectivity index (χ4v) is 6.78. The molecule has 3 aromatic carbocycles. The Bertz CT molecular complexity index is 1890. The van der Waals surface area contributed by atoms with Gasteiger partial charge in [0, 0.05) is 12.0 Å². The standard InChI is InChI=1S/C31H24N4O4S/c1-3-8-24-32-33-30(40-24)35-28(37)27-25(26(36)20-9-4-7-12-23(20)39-27)31(35)21-10-5-6-11-22(21)34(29(31)38)17-19-15-13-18(2)14-16-19/h4-7,9-16H,3,8,17H2,1-2H3. The summed E-state index contributed by atoms with van der Waals surface area (Å²) in [4.78, 5) is 46.3. The van der Waals surface area contributed by atoms with Gasteiger partial charge in [-0.25, -0.2) is 0 Å². The third-order valence-corrected chi connectivity index (χ3v) is 8.57. The molecule has 8 nitrogen and oxygen atoms in total. The van der Waals surface area contributed by atoms with Gasteiger partial charge in [0.15, 0.2) is 11.0 Å². The summed E-state index contributed by atoms with van der Waals surface area (Å²) >= 11 is 1.25. The molecule has 4 heterocycles. The number of carbonyl (C=O) groups is 2. The van der Waals surface area contributed by atoms with Crippen LogP contribution >= 0.6 is 11.3 Å². The molecule has 1 unspecified atom stereocenters. The number of fused-ring (bicyclic) bond motifs is 5. The summed E-state index contributed by atoms with van der Waals surface area (Å²) in [6.45, 7) is 4.31. The van der Waals surface area contributed by atoms with Crippen LogP contribution in [0.25, 0.3) is 11.0 Å². The molecule has 0 aliphatic carbocycles. The van der Waals surface area contributed by atoms with Crippen LogP contribution in [0, 0.1) is 6.92 Å². The van der Waals surface area contributed by atoms with Gasteiger partial charge in [-0.3, -0.25) is 19.3 Å². The van der Waals surface area contributed by atoms with E-state index in [-0.39, 0.29) is 28.6 Å². The van der Waals surface area contributed by atoms with Crippen molar-refractivity contribution in [3.05, 3.63) is 116 Å². The monoisotopic (exact) mass is 548 g/mol. The van der Waals surface area contributed by atoms with E-state index in [0.29, 0.717) is 23.1 Å². The molecule has 0 saturated carbocycles. The van der Waals surface area contributed by atoms with E-state index in [1.165, 1.54) is 16.2 Å². The molecule has 5 aromatic rings.